The van der Waals surface area contributed by atoms with Gasteiger partial charge in [0, 0.05) is 24.1 Å². The summed E-state index contributed by atoms with van der Waals surface area (Å²) in [7, 11) is 0. The number of benzene rings is 2. The van der Waals surface area contributed by atoms with E-state index in [-0.39, 0.29) is 5.41 Å². The van der Waals surface area contributed by atoms with Crippen molar-refractivity contribution < 1.29 is 0 Å². The molecule has 2 aromatic carbocycles. The number of hydrogen-bond donors (Lipinski definition) is 0. The van der Waals surface area contributed by atoms with Crippen LogP contribution in [0.2, 0.25) is 0 Å². The average Bonchev–Trinajstić information content (AvgIpc) is 3.08. The molecule has 0 saturated carbocycles. The first kappa shape index (κ1) is 15.3. The van der Waals surface area contributed by atoms with Crippen molar-refractivity contribution in [3.8, 4) is 11.3 Å². The first-order chi connectivity index (χ1) is 12.8. The molecule has 26 heavy (non-hydrogen) atoms. The molecule has 3 heteroatoms. The van der Waals surface area contributed by atoms with Gasteiger partial charge in [-0.05, 0) is 36.1 Å². The Labute approximate surface area is 154 Å². The highest BCUT2D eigenvalue weighted by Crippen LogP contribution is 2.44. The Morgan fingerprint density at radius 3 is 2.31 bits per heavy atom. The summed E-state index contributed by atoms with van der Waals surface area (Å²) in [6.07, 6.45) is 6.96. The predicted molar refractivity (Wildman–Crippen MR) is 106 cm³/mol. The zero-order valence-corrected chi connectivity index (χ0v) is 14.7. The van der Waals surface area contributed by atoms with Gasteiger partial charge >= 0.3 is 0 Å². The van der Waals surface area contributed by atoms with E-state index >= 15 is 0 Å². The van der Waals surface area contributed by atoms with Crippen LogP contribution in [-0.2, 0) is 5.41 Å². The van der Waals surface area contributed by atoms with Crippen LogP contribution in [-0.4, -0.2) is 23.3 Å². The van der Waals surface area contributed by atoms with Crippen molar-refractivity contribution in [3.63, 3.8) is 0 Å². The van der Waals surface area contributed by atoms with Gasteiger partial charge in [-0.25, -0.2) is 0 Å². The molecule has 1 spiro atoms. The van der Waals surface area contributed by atoms with Crippen molar-refractivity contribution in [1.29, 1.82) is 0 Å². The topological polar surface area (TPSA) is 29.0 Å². The highest BCUT2D eigenvalue weighted by Gasteiger charge is 2.38. The maximum atomic E-state index is 4.50. The van der Waals surface area contributed by atoms with Crippen LogP contribution in [0.3, 0.4) is 0 Å². The third-order valence-electron chi connectivity index (χ3n) is 5.78. The molecule has 5 rings (SSSR count). The maximum Gasteiger partial charge on any atom is 0.151 e. The van der Waals surface area contributed by atoms with Crippen molar-refractivity contribution in [2.75, 3.05) is 18.0 Å². The van der Waals surface area contributed by atoms with Crippen molar-refractivity contribution in [2.45, 2.75) is 18.3 Å². The molecular formula is C23H21N3. The van der Waals surface area contributed by atoms with Crippen molar-refractivity contribution in [3.05, 3.63) is 83.9 Å². The molecule has 128 valence electrons. The smallest absolute Gasteiger partial charge is 0.151 e. The lowest BCUT2D eigenvalue weighted by molar-refractivity contribution is 0.409. The SMILES string of the molecule is C1=CC2(CCN(c3ccc(-c4ccccc4)nn3)CC2)c2ccccc21. The molecule has 3 aromatic rings. The van der Waals surface area contributed by atoms with Crippen LogP contribution in [0.5, 0.6) is 0 Å². The summed E-state index contributed by atoms with van der Waals surface area (Å²) in [5.41, 5.74) is 5.12. The minimum atomic E-state index is 0.213. The Morgan fingerprint density at radius 1 is 0.769 bits per heavy atom. The molecule has 1 saturated heterocycles. The average molecular weight is 339 g/mol. The Balaban J connectivity index is 1.33. The van der Waals surface area contributed by atoms with Crippen LogP contribution in [0.1, 0.15) is 24.0 Å². The van der Waals surface area contributed by atoms with Gasteiger partial charge < -0.3 is 4.90 Å². The summed E-state index contributed by atoms with van der Waals surface area (Å²) in [4.78, 5) is 2.36. The van der Waals surface area contributed by atoms with Crippen molar-refractivity contribution in [2.24, 2.45) is 0 Å². The number of nitrogens with zero attached hydrogens (tertiary/aromatic N) is 3. The Hall–Kier alpha value is -2.94. The number of anilines is 1. The largest absolute Gasteiger partial charge is 0.355 e. The van der Waals surface area contributed by atoms with Crippen molar-refractivity contribution >= 4 is 11.9 Å². The third-order valence-corrected chi connectivity index (χ3v) is 5.78. The number of aromatic nitrogens is 2. The lowest BCUT2D eigenvalue weighted by Gasteiger charge is -2.39. The van der Waals surface area contributed by atoms with Gasteiger partial charge in [0.05, 0.1) is 5.69 Å². The highest BCUT2D eigenvalue weighted by atomic mass is 15.3. The Kier molecular flexibility index (Phi) is 3.59. The van der Waals surface area contributed by atoms with E-state index in [1.807, 2.05) is 18.2 Å². The number of allylic oxidation sites excluding steroid dienone is 1. The standard InChI is InChI=1S/C23H21N3/c1-2-7-19(8-3-1)21-10-11-22(25-24-21)26-16-14-23(15-17-26)13-12-18-6-4-5-9-20(18)23/h1-13H,14-17H2. The summed E-state index contributed by atoms with van der Waals surface area (Å²) < 4.78 is 0. The fourth-order valence-corrected chi connectivity index (χ4v) is 4.26. The minimum absolute atomic E-state index is 0.213. The van der Waals surface area contributed by atoms with Crippen LogP contribution in [0, 0.1) is 0 Å². The fraction of sp³-hybridized carbons (Fsp3) is 0.217. The molecule has 0 amide bonds. The lowest BCUT2D eigenvalue weighted by Crippen LogP contribution is -2.41. The van der Waals surface area contributed by atoms with Gasteiger partial charge in [-0.15, -0.1) is 10.2 Å². The predicted octanol–water partition coefficient (Wildman–Crippen LogP) is 4.71. The molecule has 1 aromatic heterocycles. The van der Waals surface area contributed by atoms with Crippen LogP contribution >= 0.6 is 0 Å². The van der Waals surface area contributed by atoms with E-state index in [9.17, 15) is 0 Å². The van der Waals surface area contributed by atoms with Gasteiger partial charge in [-0.1, -0.05) is 66.7 Å². The molecule has 1 aliphatic carbocycles. The van der Waals surface area contributed by atoms with E-state index < -0.39 is 0 Å². The molecule has 0 radical (unpaired) electrons. The van der Waals surface area contributed by atoms with E-state index in [1.165, 1.54) is 11.1 Å². The molecule has 0 unspecified atom stereocenters. The Bertz CT molecular complexity index is 937. The zero-order chi connectivity index (χ0) is 17.4. The summed E-state index contributed by atoms with van der Waals surface area (Å²) in [5, 5.41) is 8.94. The number of rotatable bonds is 2. The van der Waals surface area contributed by atoms with Crippen LogP contribution in [0.15, 0.2) is 72.8 Å². The van der Waals surface area contributed by atoms with Gasteiger partial charge in [-0.2, -0.15) is 0 Å². The quantitative estimate of drug-likeness (QED) is 0.677. The fourth-order valence-electron chi connectivity index (χ4n) is 4.26. The van der Waals surface area contributed by atoms with Gasteiger partial charge in [0.15, 0.2) is 5.82 Å². The van der Waals surface area contributed by atoms with E-state index in [1.54, 1.807) is 0 Å². The van der Waals surface area contributed by atoms with Gasteiger partial charge in [-0.3, -0.25) is 0 Å². The molecule has 2 aliphatic rings. The van der Waals surface area contributed by atoms with E-state index in [2.05, 4.69) is 75.8 Å². The molecule has 2 heterocycles. The first-order valence-corrected chi connectivity index (χ1v) is 9.27. The summed E-state index contributed by atoms with van der Waals surface area (Å²) >= 11 is 0. The monoisotopic (exact) mass is 339 g/mol. The summed E-state index contributed by atoms with van der Waals surface area (Å²) in [5.74, 6) is 0.981. The maximum absolute atomic E-state index is 4.50. The van der Waals surface area contributed by atoms with Gasteiger partial charge in [0.25, 0.3) is 0 Å². The Morgan fingerprint density at radius 2 is 1.54 bits per heavy atom. The molecular weight excluding hydrogens is 318 g/mol. The molecule has 1 fully saturated rings. The first-order valence-electron chi connectivity index (χ1n) is 9.27. The van der Waals surface area contributed by atoms with Gasteiger partial charge in [0.2, 0.25) is 0 Å². The third kappa shape index (κ3) is 2.51. The minimum Gasteiger partial charge on any atom is -0.355 e. The van der Waals surface area contributed by atoms with Crippen LogP contribution in [0.25, 0.3) is 17.3 Å². The van der Waals surface area contributed by atoms with Crippen molar-refractivity contribution in [1.82, 2.24) is 10.2 Å². The zero-order valence-electron chi connectivity index (χ0n) is 14.7. The van der Waals surface area contributed by atoms with E-state index in [4.69, 9.17) is 0 Å². The second-order valence-electron chi connectivity index (χ2n) is 7.21. The van der Waals surface area contributed by atoms with Crippen LogP contribution < -0.4 is 4.90 Å². The van der Waals surface area contributed by atoms with E-state index in [0.717, 1.165) is 43.0 Å². The second-order valence-corrected chi connectivity index (χ2v) is 7.21. The number of fused-ring (bicyclic) bond motifs is 2. The van der Waals surface area contributed by atoms with E-state index in [0.29, 0.717) is 0 Å². The lowest BCUT2D eigenvalue weighted by atomic mass is 9.74. The van der Waals surface area contributed by atoms with Crippen LogP contribution in [0.4, 0.5) is 5.82 Å². The molecule has 0 atom stereocenters. The molecule has 0 bridgehead atoms. The summed E-state index contributed by atoms with van der Waals surface area (Å²) in [6.45, 7) is 2.02. The summed E-state index contributed by atoms with van der Waals surface area (Å²) in [6, 6.07) is 23.2. The molecule has 3 nitrogen and oxygen atoms in total. The highest BCUT2D eigenvalue weighted by molar-refractivity contribution is 5.66. The second kappa shape index (κ2) is 6.10. The number of hydrogen-bond acceptors (Lipinski definition) is 3. The van der Waals surface area contributed by atoms with Gasteiger partial charge in [0.1, 0.15) is 0 Å². The molecule has 1 aliphatic heterocycles. The molecule has 0 N–H and O–H groups in total. The normalized spacial score (nSPS) is 17.5. The number of piperidine rings is 1.